The molecule has 0 bridgehead atoms. The first kappa shape index (κ1) is 19.7. The monoisotopic (exact) mass is 383 g/mol. The van der Waals surface area contributed by atoms with E-state index in [4.69, 9.17) is 9.47 Å². The Morgan fingerprint density at radius 3 is 2.25 bits per heavy atom. The predicted octanol–water partition coefficient (Wildman–Crippen LogP) is 2.67. The molecule has 148 valence electrons. The molecule has 3 rings (SSSR count). The van der Waals surface area contributed by atoms with E-state index in [1.807, 2.05) is 48.5 Å². The number of hydrogen-bond acceptors (Lipinski definition) is 4. The summed E-state index contributed by atoms with van der Waals surface area (Å²) in [7, 11) is 1.62. The number of rotatable bonds is 7. The lowest BCUT2D eigenvalue weighted by molar-refractivity contribution is -0.125. The molecule has 28 heavy (non-hydrogen) atoms. The normalized spacial score (nSPS) is 15.7. The molecule has 1 aliphatic heterocycles. The summed E-state index contributed by atoms with van der Waals surface area (Å²) < 4.78 is 10.3. The van der Waals surface area contributed by atoms with Gasteiger partial charge in [-0.05, 0) is 41.8 Å². The maximum Gasteiger partial charge on any atom is 0.319 e. The third-order valence-electron chi connectivity index (χ3n) is 4.59. The van der Waals surface area contributed by atoms with E-state index in [0.29, 0.717) is 32.0 Å². The number of hydrogen-bond donors (Lipinski definition) is 3. The zero-order chi connectivity index (χ0) is 19.8. The van der Waals surface area contributed by atoms with Crippen molar-refractivity contribution in [3.63, 3.8) is 0 Å². The van der Waals surface area contributed by atoms with E-state index in [1.54, 1.807) is 7.11 Å². The molecule has 1 aliphatic rings. The Morgan fingerprint density at radius 2 is 1.64 bits per heavy atom. The Bertz CT molecular complexity index is 784. The quantitative estimate of drug-likeness (QED) is 0.686. The van der Waals surface area contributed by atoms with Crippen molar-refractivity contribution in [2.24, 2.45) is 5.92 Å². The molecule has 1 saturated heterocycles. The Morgan fingerprint density at radius 1 is 1.00 bits per heavy atom. The van der Waals surface area contributed by atoms with E-state index < -0.39 is 0 Å². The van der Waals surface area contributed by atoms with E-state index in [0.717, 1.165) is 23.3 Å². The van der Waals surface area contributed by atoms with Gasteiger partial charge in [-0.15, -0.1) is 0 Å². The highest BCUT2D eigenvalue weighted by atomic mass is 16.5. The lowest BCUT2D eigenvalue weighted by Crippen LogP contribution is -2.30. The Kier molecular flexibility index (Phi) is 6.86. The Hall–Kier alpha value is -3.06. The molecular weight excluding hydrogens is 358 g/mol. The summed E-state index contributed by atoms with van der Waals surface area (Å²) >= 11 is 0. The predicted molar refractivity (Wildman–Crippen MR) is 106 cm³/mol. The van der Waals surface area contributed by atoms with Crippen LogP contribution >= 0.6 is 0 Å². The highest BCUT2D eigenvalue weighted by molar-refractivity contribution is 5.89. The van der Waals surface area contributed by atoms with Gasteiger partial charge in [-0.2, -0.15) is 0 Å². The Labute approximate surface area is 164 Å². The molecule has 7 heteroatoms. The van der Waals surface area contributed by atoms with Crippen LogP contribution in [0.4, 0.5) is 10.5 Å². The number of urea groups is 1. The molecule has 1 atom stereocenters. The third kappa shape index (κ3) is 5.72. The van der Waals surface area contributed by atoms with E-state index in [9.17, 15) is 9.59 Å². The van der Waals surface area contributed by atoms with Gasteiger partial charge in [-0.25, -0.2) is 4.79 Å². The van der Waals surface area contributed by atoms with Crippen molar-refractivity contribution in [1.82, 2.24) is 10.6 Å². The van der Waals surface area contributed by atoms with Crippen LogP contribution < -0.4 is 20.7 Å². The number of ether oxygens (including phenoxy) is 2. The van der Waals surface area contributed by atoms with Crippen LogP contribution in [0.25, 0.3) is 0 Å². The number of amides is 3. The van der Waals surface area contributed by atoms with Crippen molar-refractivity contribution in [2.75, 3.05) is 25.6 Å². The second-order valence-electron chi connectivity index (χ2n) is 6.63. The zero-order valence-electron chi connectivity index (χ0n) is 15.9. The number of carbonyl (C=O) groups excluding carboxylic acids is 2. The number of nitrogens with one attached hydrogen (secondary N) is 3. The largest absolute Gasteiger partial charge is 0.497 e. The zero-order valence-corrected chi connectivity index (χ0v) is 15.9. The number of anilines is 1. The Balaban J connectivity index is 1.41. The molecule has 1 heterocycles. The lowest BCUT2D eigenvalue weighted by Gasteiger charge is -2.11. The maximum absolute atomic E-state index is 12.0. The van der Waals surface area contributed by atoms with Gasteiger partial charge >= 0.3 is 6.03 Å². The first-order valence-electron chi connectivity index (χ1n) is 9.26. The van der Waals surface area contributed by atoms with Crippen molar-refractivity contribution in [3.05, 3.63) is 59.7 Å². The van der Waals surface area contributed by atoms with Gasteiger partial charge in [-0.1, -0.05) is 24.3 Å². The van der Waals surface area contributed by atoms with Crippen LogP contribution in [0, 0.1) is 5.92 Å². The summed E-state index contributed by atoms with van der Waals surface area (Å²) in [6.45, 7) is 2.03. The number of methoxy groups -OCH3 is 1. The molecule has 0 radical (unpaired) electrons. The van der Waals surface area contributed by atoms with Gasteiger partial charge in [0, 0.05) is 25.4 Å². The first-order valence-corrected chi connectivity index (χ1v) is 9.26. The van der Waals surface area contributed by atoms with E-state index in [2.05, 4.69) is 16.0 Å². The van der Waals surface area contributed by atoms with Crippen molar-refractivity contribution in [2.45, 2.75) is 19.5 Å². The first-order chi connectivity index (χ1) is 13.6. The van der Waals surface area contributed by atoms with Crippen molar-refractivity contribution in [1.29, 1.82) is 0 Å². The summed E-state index contributed by atoms with van der Waals surface area (Å²) in [6, 6.07) is 14.6. The molecule has 3 N–H and O–H groups in total. The van der Waals surface area contributed by atoms with Gasteiger partial charge in [-0.3, -0.25) is 4.79 Å². The lowest BCUT2D eigenvalue weighted by atomic mass is 10.1. The molecule has 0 aliphatic carbocycles. The molecule has 0 saturated carbocycles. The minimum absolute atomic E-state index is 0.0256. The summed E-state index contributed by atoms with van der Waals surface area (Å²) in [6.07, 6.45) is 0.778. The number of carbonyl (C=O) groups is 2. The second-order valence-corrected chi connectivity index (χ2v) is 6.63. The summed E-state index contributed by atoms with van der Waals surface area (Å²) in [5.74, 6) is 0.758. The topological polar surface area (TPSA) is 88.7 Å². The minimum atomic E-state index is -0.280. The fraction of sp³-hybridized carbons (Fsp3) is 0.333. The van der Waals surface area contributed by atoms with Crippen LogP contribution in [0.2, 0.25) is 0 Å². The smallest absolute Gasteiger partial charge is 0.319 e. The maximum atomic E-state index is 12.0. The molecule has 0 aromatic heterocycles. The molecule has 2 aromatic carbocycles. The molecule has 3 amide bonds. The van der Waals surface area contributed by atoms with Crippen LogP contribution in [-0.4, -0.2) is 32.3 Å². The molecule has 2 aromatic rings. The average Bonchev–Trinajstić information content (AvgIpc) is 3.27. The summed E-state index contributed by atoms with van der Waals surface area (Å²) in [5.41, 5.74) is 2.64. The highest BCUT2D eigenvalue weighted by Crippen LogP contribution is 2.14. The molecule has 0 spiro atoms. The fourth-order valence-electron chi connectivity index (χ4n) is 2.88. The van der Waals surface area contributed by atoms with Crippen molar-refractivity contribution >= 4 is 17.6 Å². The molecule has 1 fully saturated rings. The molecule has 7 nitrogen and oxygen atoms in total. The highest BCUT2D eigenvalue weighted by Gasteiger charge is 2.22. The van der Waals surface area contributed by atoms with Crippen LogP contribution in [0.15, 0.2) is 48.5 Å². The molecular formula is C21H25N3O4. The van der Waals surface area contributed by atoms with E-state index >= 15 is 0 Å². The number of benzene rings is 2. The van der Waals surface area contributed by atoms with Gasteiger partial charge in [0.05, 0.1) is 19.6 Å². The van der Waals surface area contributed by atoms with Gasteiger partial charge in [0.1, 0.15) is 5.75 Å². The summed E-state index contributed by atoms with van der Waals surface area (Å²) in [4.78, 5) is 24.0. The second kappa shape index (κ2) is 9.75. The van der Waals surface area contributed by atoms with Crippen molar-refractivity contribution < 1.29 is 19.1 Å². The van der Waals surface area contributed by atoms with Crippen LogP contribution in [0.1, 0.15) is 17.5 Å². The standard InChI is InChI=1S/C21H25N3O4/c1-27-19-8-4-16(5-9-19)13-23-21(26)24-18-6-2-15(3-7-18)12-22-20(25)17-10-11-28-14-17/h2-9,17H,10-14H2,1H3,(H,22,25)(H2,23,24,26). The van der Waals surface area contributed by atoms with Crippen LogP contribution in [0.3, 0.4) is 0 Å². The van der Waals surface area contributed by atoms with Crippen molar-refractivity contribution in [3.8, 4) is 5.75 Å². The van der Waals surface area contributed by atoms with Gasteiger partial charge in [0.15, 0.2) is 0 Å². The summed E-state index contributed by atoms with van der Waals surface area (Å²) in [5, 5.41) is 8.52. The van der Waals surface area contributed by atoms with Crippen LogP contribution in [0.5, 0.6) is 5.75 Å². The van der Waals surface area contributed by atoms with E-state index in [-0.39, 0.29) is 17.9 Å². The third-order valence-corrected chi connectivity index (χ3v) is 4.59. The van der Waals surface area contributed by atoms with Gasteiger partial charge in [0.25, 0.3) is 0 Å². The van der Waals surface area contributed by atoms with Gasteiger partial charge < -0.3 is 25.4 Å². The molecule has 1 unspecified atom stereocenters. The fourth-order valence-corrected chi connectivity index (χ4v) is 2.88. The van der Waals surface area contributed by atoms with E-state index in [1.165, 1.54) is 0 Å². The average molecular weight is 383 g/mol. The SMILES string of the molecule is COc1ccc(CNC(=O)Nc2ccc(CNC(=O)C3CCOC3)cc2)cc1. The van der Waals surface area contributed by atoms with Crippen LogP contribution in [-0.2, 0) is 22.6 Å². The minimum Gasteiger partial charge on any atom is -0.497 e. The van der Waals surface area contributed by atoms with Gasteiger partial charge in [0.2, 0.25) is 5.91 Å².